The zero-order chi connectivity index (χ0) is 12.3. The van der Waals surface area contributed by atoms with Crippen molar-refractivity contribution < 1.29 is 4.74 Å². The van der Waals surface area contributed by atoms with E-state index in [-0.39, 0.29) is 12.6 Å². The lowest BCUT2D eigenvalue weighted by molar-refractivity contribution is 0.366. The molecule has 0 heterocycles. The lowest BCUT2D eigenvalue weighted by Crippen LogP contribution is -2.08. The van der Waals surface area contributed by atoms with Crippen LogP contribution in [0.15, 0.2) is 36.4 Å². The molecule has 3 nitrogen and oxygen atoms in total. The fourth-order valence-electron chi connectivity index (χ4n) is 1.88. The van der Waals surface area contributed by atoms with Crippen LogP contribution in [0.3, 0.4) is 0 Å². The van der Waals surface area contributed by atoms with Crippen LogP contribution in [-0.2, 0) is 0 Å². The molecular formula is C14H14N2O. The number of hydrogen-bond acceptors (Lipinski definition) is 3. The Hall–Kier alpha value is -2.05. The highest BCUT2D eigenvalue weighted by Crippen LogP contribution is 2.32. The molecule has 1 unspecified atom stereocenters. The summed E-state index contributed by atoms with van der Waals surface area (Å²) < 4.78 is 5.52. The average molecular weight is 226 g/mol. The predicted octanol–water partition coefficient (Wildman–Crippen LogP) is 2.76. The summed E-state index contributed by atoms with van der Waals surface area (Å²) in [4.78, 5) is 0. The van der Waals surface area contributed by atoms with E-state index in [4.69, 9.17) is 15.7 Å². The first-order valence-corrected chi connectivity index (χ1v) is 5.51. The van der Waals surface area contributed by atoms with Crippen LogP contribution in [0.4, 0.5) is 0 Å². The molecule has 2 N–H and O–H groups in total. The van der Waals surface area contributed by atoms with Crippen LogP contribution in [0, 0.1) is 11.3 Å². The summed E-state index contributed by atoms with van der Waals surface area (Å²) in [6, 6.07) is 13.8. The number of nitrogens with two attached hydrogens (primary N) is 1. The first kappa shape index (κ1) is 11.4. The van der Waals surface area contributed by atoms with Gasteiger partial charge in [-0.15, -0.1) is 0 Å². The summed E-state index contributed by atoms with van der Waals surface area (Å²) in [5.74, 6) is 0.722. The van der Waals surface area contributed by atoms with E-state index in [9.17, 15) is 0 Å². The normalized spacial score (nSPS) is 12.1. The fourth-order valence-corrected chi connectivity index (χ4v) is 1.88. The van der Waals surface area contributed by atoms with Crippen molar-refractivity contribution in [1.82, 2.24) is 0 Å². The van der Waals surface area contributed by atoms with Crippen molar-refractivity contribution in [1.29, 1.82) is 5.26 Å². The molecule has 0 aromatic heterocycles. The average Bonchev–Trinajstić information content (AvgIpc) is 2.35. The fraction of sp³-hybridized carbons (Fsp3) is 0.214. The number of hydrogen-bond donors (Lipinski definition) is 1. The maximum Gasteiger partial charge on any atom is 0.174 e. The Balaban J connectivity index is 2.62. The van der Waals surface area contributed by atoms with Crippen LogP contribution < -0.4 is 10.5 Å². The second-order valence-corrected chi connectivity index (χ2v) is 3.94. The van der Waals surface area contributed by atoms with Crippen molar-refractivity contribution in [2.45, 2.75) is 13.0 Å². The molecule has 0 bridgehead atoms. The van der Waals surface area contributed by atoms with Gasteiger partial charge < -0.3 is 10.5 Å². The van der Waals surface area contributed by atoms with Crippen LogP contribution in [0.25, 0.3) is 10.8 Å². The van der Waals surface area contributed by atoms with Crippen LogP contribution in [0.1, 0.15) is 18.5 Å². The number of ether oxygens (including phenoxy) is 1. The lowest BCUT2D eigenvalue weighted by atomic mass is 10.0. The summed E-state index contributed by atoms with van der Waals surface area (Å²) in [7, 11) is 0. The van der Waals surface area contributed by atoms with E-state index in [1.165, 1.54) is 0 Å². The number of fused-ring (bicyclic) bond motifs is 1. The van der Waals surface area contributed by atoms with Crippen molar-refractivity contribution in [3.63, 3.8) is 0 Å². The van der Waals surface area contributed by atoms with E-state index >= 15 is 0 Å². The Labute approximate surface area is 100 Å². The predicted molar refractivity (Wildman–Crippen MR) is 67.7 cm³/mol. The van der Waals surface area contributed by atoms with Crippen molar-refractivity contribution in [2.75, 3.05) is 6.61 Å². The van der Waals surface area contributed by atoms with Gasteiger partial charge in [-0.1, -0.05) is 36.4 Å². The van der Waals surface area contributed by atoms with Gasteiger partial charge >= 0.3 is 0 Å². The summed E-state index contributed by atoms with van der Waals surface area (Å²) >= 11 is 0. The van der Waals surface area contributed by atoms with Gasteiger partial charge in [-0.2, -0.15) is 5.26 Å². The number of rotatable bonds is 3. The molecule has 3 heteroatoms. The number of nitriles is 1. The molecule has 0 saturated carbocycles. The molecule has 0 fully saturated rings. The first-order valence-electron chi connectivity index (χ1n) is 5.51. The summed E-state index contributed by atoms with van der Waals surface area (Å²) in [6.07, 6.45) is 0. The smallest absolute Gasteiger partial charge is 0.174 e. The highest BCUT2D eigenvalue weighted by atomic mass is 16.5. The third kappa shape index (κ3) is 2.22. The minimum atomic E-state index is -0.117. The van der Waals surface area contributed by atoms with Gasteiger partial charge in [0.25, 0.3) is 0 Å². The van der Waals surface area contributed by atoms with Gasteiger partial charge in [0.2, 0.25) is 0 Å². The first-order chi connectivity index (χ1) is 8.24. The third-order valence-electron chi connectivity index (χ3n) is 2.68. The Morgan fingerprint density at radius 3 is 2.76 bits per heavy atom. The molecule has 2 aromatic rings. The highest BCUT2D eigenvalue weighted by Gasteiger charge is 2.11. The van der Waals surface area contributed by atoms with E-state index in [0.717, 1.165) is 22.1 Å². The van der Waals surface area contributed by atoms with Crippen molar-refractivity contribution in [3.05, 3.63) is 42.0 Å². The Morgan fingerprint density at radius 1 is 1.29 bits per heavy atom. The molecule has 17 heavy (non-hydrogen) atoms. The van der Waals surface area contributed by atoms with E-state index in [0.29, 0.717) is 0 Å². The van der Waals surface area contributed by atoms with Gasteiger partial charge in [-0.05, 0) is 12.3 Å². The molecule has 0 radical (unpaired) electrons. The minimum absolute atomic E-state index is 0.0354. The van der Waals surface area contributed by atoms with Gasteiger partial charge in [0.05, 0.1) is 0 Å². The minimum Gasteiger partial charge on any atom is -0.478 e. The molecular weight excluding hydrogens is 212 g/mol. The van der Waals surface area contributed by atoms with Crippen LogP contribution >= 0.6 is 0 Å². The summed E-state index contributed by atoms with van der Waals surface area (Å²) in [5, 5.41) is 10.7. The van der Waals surface area contributed by atoms with Gasteiger partial charge in [-0.25, -0.2) is 0 Å². The zero-order valence-corrected chi connectivity index (χ0v) is 9.68. The van der Waals surface area contributed by atoms with E-state index in [1.54, 1.807) is 0 Å². The molecule has 0 aliphatic heterocycles. The van der Waals surface area contributed by atoms with Crippen LogP contribution in [-0.4, -0.2) is 6.61 Å². The van der Waals surface area contributed by atoms with Gasteiger partial charge in [-0.3, -0.25) is 0 Å². The largest absolute Gasteiger partial charge is 0.478 e. The number of nitrogens with zero attached hydrogens (tertiary/aromatic N) is 1. The molecule has 2 aromatic carbocycles. The SMILES string of the molecule is CC(N)c1ccc2ccccc2c1OCC#N. The monoisotopic (exact) mass is 226 g/mol. The van der Waals surface area contributed by atoms with E-state index in [2.05, 4.69) is 0 Å². The lowest BCUT2D eigenvalue weighted by Gasteiger charge is -2.15. The van der Waals surface area contributed by atoms with Crippen LogP contribution in [0.2, 0.25) is 0 Å². The van der Waals surface area contributed by atoms with Gasteiger partial charge in [0.15, 0.2) is 6.61 Å². The quantitative estimate of drug-likeness (QED) is 0.875. The molecule has 0 spiro atoms. The topological polar surface area (TPSA) is 59.0 Å². The summed E-state index contributed by atoms with van der Waals surface area (Å²) in [6.45, 7) is 1.94. The molecule has 0 amide bonds. The Morgan fingerprint density at radius 2 is 2.06 bits per heavy atom. The highest BCUT2D eigenvalue weighted by molar-refractivity contribution is 5.89. The maximum atomic E-state index is 8.62. The Bertz CT molecular complexity index is 570. The van der Waals surface area contributed by atoms with E-state index in [1.807, 2.05) is 49.4 Å². The molecule has 0 saturated heterocycles. The molecule has 86 valence electrons. The second kappa shape index (κ2) is 4.86. The molecule has 0 aliphatic rings. The van der Waals surface area contributed by atoms with Gasteiger partial charge in [0, 0.05) is 17.0 Å². The molecule has 2 rings (SSSR count). The molecule has 0 aliphatic carbocycles. The van der Waals surface area contributed by atoms with Crippen molar-refractivity contribution in [3.8, 4) is 11.8 Å². The standard InChI is InChI=1S/C14H14N2O/c1-10(16)12-7-6-11-4-2-3-5-13(11)14(12)17-9-8-15/h2-7,10H,9,16H2,1H3. The van der Waals surface area contributed by atoms with Crippen molar-refractivity contribution in [2.24, 2.45) is 5.73 Å². The van der Waals surface area contributed by atoms with Gasteiger partial charge in [0.1, 0.15) is 11.8 Å². The molecule has 1 atom stereocenters. The summed E-state index contributed by atoms with van der Waals surface area (Å²) in [5.41, 5.74) is 6.84. The van der Waals surface area contributed by atoms with E-state index < -0.39 is 0 Å². The maximum absolute atomic E-state index is 8.62. The van der Waals surface area contributed by atoms with Crippen molar-refractivity contribution >= 4 is 10.8 Å². The second-order valence-electron chi connectivity index (χ2n) is 3.94. The third-order valence-corrected chi connectivity index (χ3v) is 2.68. The Kier molecular flexibility index (Phi) is 3.27. The van der Waals surface area contributed by atoms with Crippen LogP contribution in [0.5, 0.6) is 5.75 Å². The number of benzene rings is 2. The zero-order valence-electron chi connectivity index (χ0n) is 9.68.